The van der Waals surface area contributed by atoms with E-state index in [1.165, 1.54) is 23.9 Å². The number of fused-ring (bicyclic) bond motifs is 1. The lowest BCUT2D eigenvalue weighted by Crippen LogP contribution is -2.46. The molecule has 1 saturated heterocycles. The standard InChI is InChI=1S/C30H34ClFN4O2S/c1-19-12-14-34(15-13-19)24(37)17-35-25(38)18-39-27(20-8-7-9-21(32)16-20)26-28(30(2,3)4)33-36(29(26)35)23-11-6-5-10-22(23)31/h5-11,16,19,27H,12-15,17-18H2,1-4H3. The lowest BCUT2D eigenvalue weighted by atomic mass is 9.87. The van der Waals surface area contributed by atoms with Gasteiger partial charge in [0, 0.05) is 24.1 Å². The van der Waals surface area contributed by atoms with Crippen LogP contribution in [0.25, 0.3) is 5.69 Å². The largest absolute Gasteiger partial charge is 0.341 e. The minimum atomic E-state index is -0.408. The third-order valence-corrected chi connectivity index (χ3v) is 9.04. The first-order chi connectivity index (χ1) is 18.5. The highest BCUT2D eigenvalue weighted by Gasteiger charge is 2.40. The average Bonchev–Trinajstić information content (AvgIpc) is 3.22. The van der Waals surface area contributed by atoms with Crippen molar-refractivity contribution in [2.24, 2.45) is 5.92 Å². The molecular weight excluding hydrogens is 535 g/mol. The minimum Gasteiger partial charge on any atom is -0.341 e. The average molecular weight is 569 g/mol. The summed E-state index contributed by atoms with van der Waals surface area (Å²) in [6, 6.07) is 13.8. The molecule has 9 heteroatoms. The van der Waals surface area contributed by atoms with Gasteiger partial charge in [0.25, 0.3) is 0 Å². The van der Waals surface area contributed by atoms with Crippen molar-refractivity contribution in [3.05, 3.63) is 76.2 Å². The van der Waals surface area contributed by atoms with E-state index >= 15 is 0 Å². The van der Waals surface area contributed by atoms with Gasteiger partial charge in [-0.2, -0.15) is 5.10 Å². The Kier molecular flexibility index (Phi) is 7.80. The first-order valence-corrected chi connectivity index (χ1v) is 14.8. The van der Waals surface area contributed by atoms with Crippen LogP contribution in [0.2, 0.25) is 5.02 Å². The molecule has 3 aromatic rings. The molecule has 39 heavy (non-hydrogen) atoms. The second-order valence-electron chi connectivity index (χ2n) is 11.5. The Morgan fingerprint density at radius 3 is 2.51 bits per heavy atom. The molecule has 6 nitrogen and oxygen atoms in total. The molecule has 0 radical (unpaired) electrons. The molecule has 0 aliphatic carbocycles. The van der Waals surface area contributed by atoms with Gasteiger partial charge >= 0.3 is 0 Å². The Hall–Kier alpha value is -2.84. The number of thioether (sulfide) groups is 1. The molecule has 0 spiro atoms. The summed E-state index contributed by atoms with van der Waals surface area (Å²) in [6.07, 6.45) is 1.91. The number of aromatic nitrogens is 2. The summed E-state index contributed by atoms with van der Waals surface area (Å²) in [5, 5.41) is 5.17. The topological polar surface area (TPSA) is 58.4 Å². The highest BCUT2D eigenvalue weighted by atomic mass is 35.5. The number of rotatable bonds is 4. The van der Waals surface area contributed by atoms with Gasteiger partial charge in [-0.3, -0.25) is 14.5 Å². The van der Waals surface area contributed by atoms with E-state index in [9.17, 15) is 14.0 Å². The van der Waals surface area contributed by atoms with Crippen molar-refractivity contribution >= 4 is 41.0 Å². The van der Waals surface area contributed by atoms with Gasteiger partial charge < -0.3 is 4.90 Å². The van der Waals surface area contributed by atoms with Crippen LogP contribution in [0.15, 0.2) is 48.5 Å². The van der Waals surface area contributed by atoms with E-state index in [0.29, 0.717) is 35.5 Å². The van der Waals surface area contributed by atoms with E-state index in [-0.39, 0.29) is 35.2 Å². The lowest BCUT2D eigenvalue weighted by molar-refractivity contribution is -0.132. The van der Waals surface area contributed by atoms with Crippen molar-refractivity contribution in [3.63, 3.8) is 0 Å². The number of para-hydroxylation sites is 1. The highest BCUT2D eigenvalue weighted by molar-refractivity contribution is 8.00. The molecule has 5 rings (SSSR count). The molecule has 2 aromatic carbocycles. The minimum absolute atomic E-state index is 0.0837. The maximum absolute atomic E-state index is 14.4. The highest BCUT2D eigenvalue weighted by Crippen LogP contribution is 2.48. The molecule has 2 aliphatic heterocycles. The molecule has 2 amide bonds. The van der Waals surface area contributed by atoms with Gasteiger partial charge in [0.05, 0.1) is 27.4 Å². The fourth-order valence-electron chi connectivity index (χ4n) is 5.29. The number of piperidine rings is 1. The number of hydrogen-bond donors (Lipinski definition) is 0. The molecule has 1 atom stereocenters. The monoisotopic (exact) mass is 568 g/mol. The molecule has 1 unspecified atom stereocenters. The Morgan fingerprint density at radius 2 is 1.85 bits per heavy atom. The Morgan fingerprint density at radius 1 is 1.13 bits per heavy atom. The van der Waals surface area contributed by atoms with E-state index < -0.39 is 5.41 Å². The van der Waals surface area contributed by atoms with Crippen molar-refractivity contribution in [3.8, 4) is 5.69 Å². The normalized spacial score (nSPS) is 18.7. The fourth-order valence-corrected chi connectivity index (χ4v) is 6.69. The summed E-state index contributed by atoms with van der Waals surface area (Å²) in [7, 11) is 0. The number of nitrogens with zero attached hydrogens (tertiary/aromatic N) is 4. The number of anilines is 1. The van der Waals surface area contributed by atoms with E-state index in [4.69, 9.17) is 16.7 Å². The van der Waals surface area contributed by atoms with Crippen molar-refractivity contribution in [1.82, 2.24) is 14.7 Å². The van der Waals surface area contributed by atoms with Crippen LogP contribution in [0.3, 0.4) is 0 Å². The number of carbonyl (C=O) groups is 2. The molecule has 1 aromatic heterocycles. The predicted octanol–water partition coefficient (Wildman–Crippen LogP) is 6.39. The van der Waals surface area contributed by atoms with Gasteiger partial charge in [0.1, 0.15) is 18.2 Å². The van der Waals surface area contributed by atoms with Crippen LogP contribution in [0.4, 0.5) is 10.2 Å². The Labute approximate surface area is 238 Å². The number of likely N-dealkylation sites (tertiary alicyclic amines) is 1. The van der Waals surface area contributed by atoms with Crippen molar-refractivity contribution in [1.29, 1.82) is 0 Å². The summed E-state index contributed by atoms with van der Waals surface area (Å²) in [5.74, 6) is 0.641. The smallest absolute Gasteiger partial charge is 0.242 e. The number of benzene rings is 2. The quantitative estimate of drug-likeness (QED) is 0.366. The maximum Gasteiger partial charge on any atom is 0.242 e. The van der Waals surface area contributed by atoms with E-state index in [1.54, 1.807) is 21.7 Å². The molecule has 206 valence electrons. The Bertz CT molecular complexity index is 1390. The van der Waals surface area contributed by atoms with Gasteiger partial charge in [0.2, 0.25) is 11.8 Å². The summed E-state index contributed by atoms with van der Waals surface area (Å²) >= 11 is 8.11. The number of amides is 2. The lowest BCUT2D eigenvalue weighted by Gasteiger charge is -2.32. The Balaban J connectivity index is 1.72. The second kappa shape index (κ2) is 11.0. The molecule has 1 fully saturated rings. The van der Waals surface area contributed by atoms with Crippen molar-refractivity contribution < 1.29 is 14.0 Å². The summed E-state index contributed by atoms with van der Waals surface area (Å²) < 4.78 is 16.1. The first kappa shape index (κ1) is 27.7. The summed E-state index contributed by atoms with van der Waals surface area (Å²) in [5.41, 5.74) is 2.54. The van der Waals surface area contributed by atoms with Gasteiger partial charge in [-0.1, -0.05) is 63.6 Å². The summed E-state index contributed by atoms with van der Waals surface area (Å²) in [4.78, 5) is 30.8. The molecule has 2 aliphatic rings. The van der Waals surface area contributed by atoms with Gasteiger partial charge in [0.15, 0.2) is 0 Å². The number of halogens is 2. The molecular formula is C30H34ClFN4O2S. The maximum atomic E-state index is 14.4. The van der Waals surface area contributed by atoms with E-state index in [2.05, 4.69) is 27.7 Å². The van der Waals surface area contributed by atoms with Crippen LogP contribution in [-0.2, 0) is 15.0 Å². The van der Waals surface area contributed by atoms with Gasteiger partial charge in [-0.15, -0.1) is 11.8 Å². The third-order valence-electron chi connectivity index (χ3n) is 7.46. The zero-order chi connectivity index (χ0) is 27.9. The number of carbonyl (C=O) groups excluding carboxylic acids is 2. The second-order valence-corrected chi connectivity index (χ2v) is 13.0. The van der Waals surface area contributed by atoms with Crippen molar-refractivity contribution in [2.75, 3.05) is 30.3 Å². The SMILES string of the molecule is CC1CCN(C(=O)CN2C(=O)CSC(c3cccc(F)c3)c3c(C(C)(C)C)nn(-c4ccccc4Cl)c32)CC1. The van der Waals surface area contributed by atoms with E-state index in [0.717, 1.165) is 29.7 Å². The van der Waals surface area contributed by atoms with E-state index in [1.807, 2.05) is 29.2 Å². The zero-order valence-corrected chi connectivity index (χ0v) is 24.4. The third kappa shape index (κ3) is 5.59. The van der Waals surface area contributed by atoms with Crippen LogP contribution in [-0.4, -0.2) is 51.9 Å². The van der Waals surface area contributed by atoms with Gasteiger partial charge in [-0.25, -0.2) is 9.07 Å². The van der Waals surface area contributed by atoms with Crippen molar-refractivity contribution in [2.45, 2.75) is 51.2 Å². The van der Waals surface area contributed by atoms with Crippen LogP contribution in [0, 0.1) is 11.7 Å². The molecule has 0 bridgehead atoms. The summed E-state index contributed by atoms with van der Waals surface area (Å²) in [6.45, 7) is 9.69. The zero-order valence-electron chi connectivity index (χ0n) is 22.8. The van der Waals surface area contributed by atoms with Crippen LogP contribution in [0.1, 0.15) is 62.6 Å². The van der Waals surface area contributed by atoms with Crippen LogP contribution in [0.5, 0.6) is 0 Å². The molecule has 0 saturated carbocycles. The van der Waals surface area contributed by atoms with Crippen LogP contribution < -0.4 is 4.90 Å². The molecule has 0 N–H and O–H groups in total. The van der Waals surface area contributed by atoms with Gasteiger partial charge in [-0.05, 0) is 48.6 Å². The molecule has 3 heterocycles. The fraction of sp³-hybridized carbons (Fsp3) is 0.433. The predicted molar refractivity (Wildman–Crippen MR) is 155 cm³/mol. The number of hydrogen-bond acceptors (Lipinski definition) is 4. The van der Waals surface area contributed by atoms with Crippen LogP contribution >= 0.6 is 23.4 Å². The first-order valence-electron chi connectivity index (χ1n) is 13.4.